The Morgan fingerprint density at radius 3 is 2.90 bits per heavy atom. The van der Waals surface area contributed by atoms with E-state index in [-0.39, 0.29) is 18.1 Å². The van der Waals surface area contributed by atoms with Gasteiger partial charge in [-0.2, -0.15) is 0 Å². The summed E-state index contributed by atoms with van der Waals surface area (Å²) in [6.07, 6.45) is 0.785. The SMILES string of the molecule is C=CCOC(=O)Nc1nc2cc(C(=O)O)cc(Br)c2n1C. The minimum Gasteiger partial charge on any atom is -0.478 e. The van der Waals surface area contributed by atoms with Gasteiger partial charge in [0.2, 0.25) is 5.95 Å². The van der Waals surface area contributed by atoms with E-state index in [4.69, 9.17) is 9.84 Å². The Hall–Kier alpha value is -2.35. The van der Waals surface area contributed by atoms with Crippen LogP contribution in [0.25, 0.3) is 11.0 Å². The molecule has 2 aromatic rings. The van der Waals surface area contributed by atoms with Crippen LogP contribution < -0.4 is 5.32 Å². The number of rotatable bonds is 4. The number of aromatic carboxylic acids is 1. The molecule has 0 saturated carbocycles. The second-order valence-corrected chi connectivity index (χ2v) is 4.99. The number of fused-ring (bicyclic) bond motifs is 1. The molecule has 21 heavy (non-hydrogen) atoms. The van der Waals surface area contributed by atoms with Gasteiger partial charge in [0, 0.05) is 11.5 Å². The average molecular weight is 354 g/mol. The monoisotopic (exact) mass is 353 g/mol. The van der Waals surface area contributed by atoms with Crippen LogP contribution in [0.1, 0.15) is 10.4 Å². The number of anilines is 1. The van der Waals surface area contributed by atoms with Crippen molar-refractivity contribution >= 4 is 45.0 Å². The molecule has 0 saturated heterocycles. The summed E-state index contributed by atoms with van der Waals surface area (Å²) >= 11 is 3.31. The second-order valence-electron chi connectivity index (χ2n) is 4.14. The van der Waals surface area contributed by atoms with Gasteiger partial charge in [0.1, 0.15) is 6.61 Å². The molecule has 110 valence electrons. The summed E-state index contributed by atoms with van der Waals surface area (Å²) in [5, 5.41) is 11.5. The first-order chi connectivity index (χ1) is 9.93. The number of carboxylic acids is 1. The molecule has 2 N–H and O–H groups in total. The van der Waals surface area contributed by atoms with Gasteiger partial charge in [-0.25, -0.2) is 14.6 Å². The van der Waals surface area contributed by atoms with E-state index < -0.39 is 12.1 Å². The minimum atomic E-state index is -1.05. The van der Waals surface area contributed by atoms with Gasteiger partial charge >= 0.3 is 12.1 Å². The highest BCUT2D eigenvalue weighted by atomic mass is 79.9. The lowest BCUT2D eigenvalue weighted by Crippen LogP contribution is -2.16. The third kappa shape index (κ3) is 3.05. The third-order valence-corrected chi connectivity index (χ3v) is 3.32. The van der Waals surface area contributed by atoms with E-state index in [2.05, 4.69) is 32.8 Å². The van der Waals surface area contributed by atoms with Gasteiger partial charge in [-0.3, -0.25) is 5.32 Å². The number of benzene rings is 1. The Balaban J connectivity index is 2.40. The molecule has 1 aromatic heterocycles. The molecule has 8 heteroatoms. The zero-order chi connectivity index (χ0) is 15.6. The number of carboxylic acid groups (broad SMARTS) is 1. The molecule has 1 heterocycles. The van der Waals surface area contributed by atoms with Gasteiger partial charge in [0.25, 0.3) is 0 Å². The van der Waals surface area contributed by atoms with E-state index >= 15 is 0 Å². The zero-order valence-electron chi connectivity index (χ0n) is 11.1. The highest BCUT2D eigenvalue weighted by Crippen LogP contribution is 2.28. The summed E-state index contributed by atoms with van der Waals surface area (Å²) in [5.41, 5.74) is 1.22. The molecular formula is C13H12BrN3O4. The maximum absolute atomic E-state index is 11.5. The van der Waals surface area contributed by atoms with E-state index in [1.54, 1.807) is 11.6 Å². The van der Waals surface area contributed by atoms with Crippen LogP contribution in [0.5, 0.6) is 0 Å². The Morgan fingerprint density at radius 1 is 1.57 bits per heavy atom. The molecular weight excluding hydrogens is 342 g/mol. The molecule has 0 aliphatic heterocycles. The van der Waals surface area contributed by atoms with Crippen molar-refractivity contribution in [1.29, 1.82) is 0 Å². The van der Waals surface area contributed by atoms with Crippen molar-refractivity contribution in [3.05, 3.63) is 34.8 Å². The topological polar surface area (TPSA) is 93.4 Å². The van der Waals surface area contributed by atoms with Crippen molar-refractivity contribution in [1.82, 2.24) is 9.55 Å². The number of nitrogens with one attached hydrogen (secondary N) is 1. The van der Waals surface area contributed by atoms with E-state index in [1.807, 2.05) is 0 Å². The predicted molar refractivity (Wildman–Crippen MR) is 80.5 cm³/mol. The molecule has 0 spiro atoms. The smallest absolute Gasteiger partial charge is 0.414 e. The predicted octanol–water partition coefficient (Wildman–Crippen LogP) is 2.77. The molecule has 1 aromatic carbocycles. The molecule has 1 amide bonds. The Labute approximate surface area is 128 Å². The fourth-order valence-electron chi connectivity index (χ4n) is 1.79. The quantitative estimate of drug-likeness (QED) is 0.824. The maximum Gasteiger partial charge on any atom is 0.414 e. The van der Waals surface area contributed by atoms with Gasteiger partial charge in [-0.15, -0.1) is 0 Å². The van der Waals surface area contributed by atoms with E-state index in [1.165, 1.54) is 18.2 Å². The molecule has 0 atom stereocenters. The summed E-state index contributed by atoms with van der Waals surface area (Å²) < 4.78 is 7.01. The Bertz CT molecular complexity index is 739. The third-order valence-electron chi connectivity index (χ3n) is 2.72. The van der Waals surface area contributed by atoms with Crippen LogP contribution in [0, 0.1) is 0 Å². The summed E-state index contributed by atoms with van der Waals surface area (Å²) in [5.74, 6) is -0.801. The van der Waals surface area contributed by atoms with Crippen molar-refractivity contribution < 1.29 is 19.4 Å². The molecule has 0 unspecified atom stereocenters. The van der Waals surface area contributed by atoms with Crippen LogP contribution in [0.3, 0.4) is 0 Å². The molecule has 7 nitrogen and oxygen atoms in total. The lowest BCUT2D eigenvalue weighted by atomic mass is 10.2. The summed E-state index contributed by atoms with van der Waals surface area (Å²) in [6.45, 7) is 3.53. The summed E-state index contributed by atoms with van der Waals surface area (Å²) in [7, 11) is 1.70. The van der Waals surface area contributed by atoms with Crippen LogP contribution >= 0.6 is 15.9 Å². The fourth-order valence-corrected chi connectivity index (χ4v) is 2.51. The van der Waals surface area contributed by atoms with Crippen LogP contribution in [0.2, 0.25) is 0 Å². The molecule has 2 rings (SSSR count). The normalized spacial score (nSPS) is 10.4. The standard InChI is InChI=1S/C13H12BrN3O4/c1-3-4-21-13(20)16-12-15-9-6-7(11(18)19)5-8(14)10(9)17(12)2/h3,5-6H,1,4H2,2H3,(H,18,19)(H,15,16,20). The number of hydrogen-bond donors (Lipinski definition) is 2. The number of aryl methyl sites for hydroxylation is 1. The number of carbonyl (C=O) groups is 2. The summed E-state index contributed by atoms with van der Waals surface area (Å²) in [4.78, 5) is 26.7. The first kappa shape index (κ1) is 15.0. The largest absolute Gasteiger partial charge is 0.478 e. The zero-order valence-corrected chi connectivity index (χ0v) is 12.7. The van der Waals surface area contributed by atoms with Gasteiger partial charge in [0.15, 0.2) is 0 Å². The number of hydrogen-bond acceptors (Lipinski definition) is 4. The number of carbonyl (C=O) groups excluding carboxylic acids is 1. The van der Waals surface area contributed by atoms with Crippen LogP contribution in [-0.4, -0.2) is 33.3 Å². The van der Waals surface area contributed by atoms with Gasteiger partial charge < -0.3 is 14.4 Å². The summed E-state index contributed by atoms with van der Waals surface area (Å²) in [6, 6.07) is 2.91. The maximum atomic E-state index is 11.5. The molecule has 0 fully saturated rings. The van der Waals surface area contributed by atoms with Crippen molar-refractivity contribution in [2.24, 2.45) is 7.05 Å². The first-order valence-corrected chi connectivity index (χ1v) is 6.67. The van der Waals surface area contributed by atoms with Crippen LogP contribution in [0.4, 0.5) is 10.7 Å². The van der Waals surface area contributed by atoms with Gasteiger partial charge in [-0.1, -0.05) is 12.7 Å². The van der Waals surface area contributed by atoms with Gasteiger partial charge in [0.05, 0.1) is 16.6 Å². The lowest BCUT2D eigenvalue weighted by molar-refractivity contribution is 0.0697. The van der Waals surface area contributed by atoms with Crippen molar-refractivity contribution in [2.75, 3.05) is 11.9 Å². The highest BCUT2D eigenvalue weighted by molar-refractivity contribution is 9.10. The Kier molecular flexibility index (Phi) is 4.27. The average Bonchev–Trinajstić information content (AvgIpc) is 2.73. The highest BCUT2D eigenvalue weighted by Gasteiger charge is 2.16. The van der Waals surface area contributed by atoms with E-state index in [9.17, 15) is 9.59 Å². The van der Waals surface area contributed by atoms with E-state index in [0.29, 0.717) is 15.5 Å². The van der Waals surface area contributed by atoms with Crippen molar-refractivity contribution in [2.45, 2.75) is 0 Å². The fraction of sp³-hybridized carbons (Fsp3) is 0.154. The Morgan fingerprint density at radius 2 is 2.29 bits per heavy atom. The molecule has 0 radical (unpaired) electrons. The van der Waals surface area contributed by atoms with Gasteiger partial charge in [-0.05, 0) is 28.1 Å². The number of nitrogens with zero attached hydrogens (tertiary/aromatic N) is 2. The molecule has 0 bridgehead atoms. The van der Waals surface area contributed by atoms with Crippen molar-refractivity contribution in [3.8, 4) is 0 Å². The lowest BCUT2D eigenvalue weighted by Gasteiger charge is -2.05. The molecule has 0 aliphatic rings. The number of ether oxygens (including phenoxy) is 1. The number of aromatic nitrogens is 2. The van der Waals surface area contributed by atoms with Crippen LogP contribution in [0.15, 0.2) is 29.3 Å². The first-order valence-electron chi connectivity index (χ1n) is 5.88. The molecule has 0 aliphatic carbocycles. The van der Waals surface area contributed by atoms with Crippen LogP contribution in [-0.2, 0) is 11.8 Å². The van der Waals surface area contributed by atoms with Crippen molar-refractivity contribution in [3.63, 3.8) is 0 Å². The number of halogens is 1. The minimum absolute atomic E-state index is 0.0859. The number of imidazole rings is 1. The second kappa shape index (κ2) is 5.96. The van der Waals surface area contributed by atoms with E-state index in [0.717, 1.165) is 0 Å². The number of amides is 1.